The number of hydrogen-bond acceptors (Lipinski definition) is 2. The maximum Gasteiger partial charge on any atom is 0.142 e. The van der Waals surface area contributed by atoms with E-state index in [-0.39, 0.29) is 0 Å². The highest BCUT2D eigenvalue weighted by molar-refractivity contribution is 5.57. The van der Waals surface area contributed by atoms with Gasteiger partial charge in [0.25, 0.3) is 0 Å². The summed E-state index contributed by atoms with van der Waals surface area (Å²) in [5, 5.41) is 3.47. The van der Waals surface area contributed by atoms with Gasteiger partial charge in [0.15, 0.2) is 0 Å². The second kappa shape index (κ2) is 7.99. The molecule has 0 amide bonds. The summed E-state index contributed by atoms with van der Waals surface area (Å²) in [6, 6.07) is 6.33. The Morgan fingerprint density at radius 2 is 1.94 bits per heavy atom. The van der Waals surface area contributed by atoms with Gasteiger partial charge in [0.2, 0.25) is 0 Å². The predicted octanol–water partition coefficient (Wildman–Crippen LogP) is 4.39. The van der Waals surface area contributed by atoms with Crippen molar-refractivity contribution in [3.05, 3.63) is 23.8 Å². The number of nitrogens with one attached hydrogen (secondary N) is 1. The third-order valence-electron chi connectivity index (χ3n) is 2.69. The van der Waals surface area contributed by atoms with Crippen molar-refractivity contribution in [2.24, 2.45) is 0 Å². The van der Waals surface area contributed by atoms with Crippen molar-refractivity contribution in [2.45, 2.75) is 46.5 Å². The first kappa shape index (κ1) is 13.9. The molecule has 0 saturated carbocycles. The topological polar surface area (TPSA) is 21.3 Å². The van der Waals surface area contributed by atoms with Crippen LogP contribution in [0.3, 0.4) is 0 Å². The molecule has 96 valence electrons. The Bertz CT molecular complexity index is 323. The van der Waals surface area contributed by atoms with Crippen molar-refractivity contribution in [2.75, 3.05) is 18.5 Å². The van der Waals surface area contributed by atoms with E-state index in [0.717, 1.165) is 31.0 Å². The molecule has 1 aromatic rings. The molecule has 0 heterocycles. The minimum atomic E-state index is 0.784. The van der Waals surface area contributed by atoms with E-state index in [2.05, 4.69) is 44.3 Å². The van der Waals surface area contributed by atoms with Crippen LogP contribution >= 0.6 is 0 Å². The molecule has 0 bridgehead atoms. The van der Waals surface area contributed by atoms with Crippen LogP contribution in [0.25, 0.3) is 0 Å². The fraction of sp³-hybridized carbons (Fsp3) is 0.600. The first-order chi connectivity index (χ1) is 8.27. The zero-order valence-electron chi connectivity index (χ0n) is 11.4. The molecule has 1 rings (SSSR count). The van der Waals surface area contributed by atoms with Crippen LogP contribution in [0, 0.1) is 6.92 Å². The second-order valence-electron chi connectivity index (χ2n) is 4.48. The Labute approximate surface area is 105 Å². The van der Waals surface area contributed by atoms with E-state index in [1.54, 1.807) is 0 Å². The van der Waals surface area contributed by atoms with Gasteiger partial charge < -0.3 is 10.1 Å². The van der Waals surface area contributed by atoms with E-state index in [1.165, 1.54) is 24.8 Å². The van der Waals surface area contributed by atoms with Crippen molar-refractivity contribution < 1.29 is 4.74 Å². The molecular weight excluding hydrogens is 210 g/mol. The Balaban J connectivity index is 2.56. The van der Waals surface area contributed by atoms with Gasteiger partial charge in [-0.1, -0.05) is 32.8 Å². The molecule has 0 unspecified atom stereocenters. The van der Waals surface area contributed by atoms with Crippen molar-refractivity contribution in [3.63, 3.8) is 0 Å². The lowest BCUT2D eigenvalue weighted by Gasteiger charge is -2.13. The van der Waals surface area contributed by atoms with Gasteiger partial charge in [0, 0.05) is 6.54 Å². The van der Waals surface area contributed by atoms with Crippen molar-refractivity contribution in [1.82, 2.24) is 0 Å². The fourth-order valence-corrected chi connectivity index (χ4v) is 1.72. The molecule has 0 spiro atoms. The third-order valence-corrected chi connectivity index (χ3v) is 2.69. The van der Waals surface area contributed by atoms with E-state index < -0.39 is 0 Å². The monoisotopic (exact) mass is 235 g/mol. The van der Waals surface area contributed by atoms with Crippen LogP contribution in [-0.4, -0.2) is 13.2 Å². The Hall–Kier alpha value is -1.18. The van der Waals surface area contributed by atoms with Crippen molar-refractivity contribution in [1.29, 1.82) is 0 Å². The summed E-state index contributed by atoms with van der Waals surface area (Å²) >= 11 is 0. The van der Waals surface area contributed by atoms with Gasteiger partial charge in [-0.05, 0) is 37.5 Å². The van der Waals surface area contributed by atoms with Crippen molar-refractivity contribution >= 4 is 5.69 Å². The molecule has 0 aliphatic heterocycles. The van der Waals surface area contributed by atoms with E-state index in [9.17, 15) is 0 Å². The minimum Gasteiger partial charge on any atom is -0.491 e. The van der Waals surface area contributed by atoms with Crippen LogP contribution < -0.4 is 10.1 Å². The molecule has 1 aromatic carbocycles. The predicted molar refractivity (Wildman–Crippen MR) is 75.0 cm³/mol. The quantitative estimate of drug-likeness (QED) is 0.675. The van der Waals surface area contributed by atoms with Gasteiger partial charge in [-0.25, -0.2) is 0 Å². The average molecular weight is 235 g/mol. The van der Waals surface area contributed by atoms with Gasteiger partial charge in [-0.3, -0.25) is 0 Å². The number of aryl methyl sites for hydroxylation is 1. The highest BCUT2D eigenvalue weighted by atomic mass is 16.5. The van der Waals surface area contributed by atoms with Crippen LogP contribution in [-0.2, 0) is 0 Å². The minimum absolute atomic E-state index is 0.784. The molecule has 0 fully saturated rings. The molecular formula is C15H25NO. The smallest absolute Gasteiger partial charge is 0.142 e. The highest BCUT2D eigenvalue weighted by Gasteiger charge is 2.03. The van der Waals surface area contributed by atoms with Crippen LogP contribution in [0.5, 0.6) is 5.75 Å². The summed E-state index contributed by atoms with van der Waals surface area (Å²) in [5.74, 6) is 0.981. The Morgan fingerprint density at radius 1 is 1.12 bits per heavy atom. The second-order valence-corrected chi connectivity index (χ2v) is 4.48. The number of rotatable bonds is 8. The van der Waals surface area contributed by atoms with E-state index in [1.807, 2.05) is 0 Å². The number of ether oxygens (including phenoxy) is 1. The lowest BCUT2D eigenvalue weighted by Crippen LogP contribution is -2.05. The first-order valence-corrected chi connectivity index (χ1v) is 6.75. The van der Waals surface area contributed by atoms with Crippen LogP contribution in [0.1, 0.15) is 45.1 Å². The zero-order chi connectivity index (χ0) is 12.5. The average Bonchev–Trinajstić information content (AvgIpc) is 2.33. The van der Waals surface area contributed by atoms with Gasteiger partial charge in [-0.2, -0.15) is 0 Å². The summed E-state index contributed by atoms with van der Waals surface area (Å²) in [5.41, 5.74) is 2.40. The number of hydrogen-bond donors (Lipinski definition) is 1. The maximum absolute atomic E-state index is 5.74. The molecule has 0 atom stereocenters. The fourth-order valence-electron chi connectivity index (χ4n) is 1.72. The largest absolute Gasteiger partial charge is 0.491 e. The van der Waals surface area contributed by atoms with E-state index in [4.69, 9.17) is 4.74 Å². The standard InChI is InChI=1S/C15H25NO/c1-4-6-7-10-16-14-12-13(3)8-9-15(14)17-11-5-2/h8-9,12,16H,4-7,10-11H2,1-3H3. The van der Waals surface area contributed by atoms with Crippen LogP contribution in [0.15, 0.2) is 18.2 Å². The molecule has 1 N–H and O–H groups in total. The van der Waals surface area contributed by atoms with Crippen LogP contribution in [0.2, 0.25) is 0 Å². The molecule has 2 nitrogen and oxygen atoms in total. The Morgan fingerprint density at radius 3 is 2.65 bits per heavy atom. The summed E-state index contributed by atoms with van der Waals surface area (Å²) in [4.78, 5) is 0. The molecule has 0 aromatic heterocycles. The molecule has 0 radical (unpaired) electrons. The Kier molecular flexibility index (Phi) is 6.53. The summed E-state index contributed by atoms with van der Waals surface area (Å²) in [6.07, 6.45) is 4.81. The SMILES string of the molecule is CCCCCNc1cc(C)ccc1OCCC. The summed E-state index contributed by atoms with van der Waals surface area (Å²) in [6.45, 7) is 8.28. The van der Waals surface area contributed by atoms with Gasteiger partial charge >= 0.3 is 0 Å². The van der Waals surface area contributed by atoms with Gasteiger partial charge in [0.1, 0.15) is 5.75 Å². The highest BCUT2D eigenvalue weighted by Crippen LogP contribution is 2.25. The van der Waals surface area contributed by atoms with Gasteiger partial charge in [-0.15, -0.1) is 0 Å². The van der Waals surface area contributed by atoms with Gasteiger partial charge in [0.05, 0.1) is 12.3 Å². The summed E-state index contributed by atoms with van der Waals surface area (Å²) in [7, 11) is 0. The van der Waals surface area contributed by atoms with E-state index in [0.29, 0.717) is 0 Å². The molecule has 0 aliphatic rings. The van der Waals surface area contributed by atoms with E-state index >= 15 is 0 Å². The van der Waals surface area contributed by atoms with Crippen LogP contribution in [0.4, 0.5) is 5.69 Å². The zero-order valence-corrected chi connectivity index (χ0v) is 11.4. The number of anilines is 1. The lowest BCUT2D eigenvalue weighted by atomic mass is 10.2. The lowest BCUT2D eigenvalue weighted by molar-refractivity contribution is 0.319. The molecule has 17 heavy (non-hydrogen) atoms. The maximum atomic E-state index is 5.74. The molecule has 0 aliphatic carbocycles. The summed E-state index contributed by atoms with van der Waals surface area (Å²) < 4.78 is 5.74. The number of unbranched alkanes of at least 4 members (excludes halogenated alkanes) is 2. The van der Waals surface area contributed by atoms with Crippen molar-refractivity contribution in [3.8, 4) is 5.75 Å². The first-order valence-electron chi connectivity index (χ1n) is 6.75. The normalized spacial score (nSPS) is 10.3. The third kappa shape index (κ3) is 5.12. The molecule has 2 heteroatoms. The number of benzene rings is 1. The molecule has 0 saturated heterocycles.